The van der Waals surface area contributed by atoms with Gasteiger partial charge in [0.2, 0.25) is 0 Å². The minimum atomic E-state index is -4.59. The number of hydrogen-bond acceptors (Lipinski definition) is 7. The number of hydrogen-bond donors (Lipinski definition) is 1. The van der Waals surface area contributed by atoms with E-state index in [1.54, 1.807) is 4.90 Å². The third-order valence-corrected chi connectivity index (χ3v) is 4.83. The van der Waals surface area contributed by atoms with E-state index in [0.29, 0.717) is 32.0 Å². The molecule has 1 amide bonds. The topological polar surface area (TPSA) is 94.2 Å². The first-order chi connectivity index (χ1) is 15.7. The zero-order valence-corrected chi connectivity index (χ0v) is 17.6. The van der Waals surface area contributed by atoms with Crippen LogP contribution in [0.3, 0.4) is 0 Å². The van der Waals surface area contributed by atoms with Crippen molar-refractivity contribution in [2.75, 3.05) is 50.2 Å². The Labute approximate surface area is 187 Å². The summed E-state index contributed by atoms with van der Waals surface area (Å²) in [6.45, 7) is 0.994. The molecule has 0 aromatic heterocycles. The van der Waals surface area contributed by atoms with E-state index in [4.69, 9.17) is 9.47 Å². The Hall–Kier alpha value is -3.60. The van der Waals surface area contributed by atoms with Gasteiger partial charge < -0.3 is 24.4 Å². The van der Waals surface area contributed by atoms with Crippen LogP contribution in [-0.2, 0) is 25.2 Å². The Balaban J connectivity index is 1.68. The second-order valence-corrected chi connectivity index (χ2v) is 7.02. The molecule has 1 saturated heterocycles. The van der Waals surface area contributed by atoms with Crippen LogP contribution in [0.5, 0.6) is 0 Å². The molecule has 0 unspecified atom stereocenters. The lowest BCUT2D eigenvalue weighted by molar-refractivity contribution is -0.137. The molecule has 0 aliphatic carbocycles. The van der Waals surface area contributed by atoms with Gasteiger partial charge >= 0.3 is 18.1 Å². The maximum absolute atomic E-state index is 13.2. The molecule has 2 aromatic carbocycles. The van der Waals surface area contributed by atoms with E-state index in [9.17, 15) is 27.6 Å². The van der Waals surface area contributed by atoms with Crippen LogP contribution < -0.4 is 10.2 Å². The lowest BCUT2D eigenvalue weighted by atomic mass is 10.1. The fourth-order valence-corrected chi connectivity index (χ4v) is 3.15. The van der Waals surface area contributed by atoms with Gasteiger partial charge in [-0.2, -0.15) is 13.2 Å². The van der Waals surface area contributed by atoms with Crippen molar-refractivity contribution in [1.82, 2.24) is 0 Å². The minimum Gasteiger partial charge on any atom is -0.465 e. The van der Waals surface area contributed by atoms with Crippen molar-refractivity contribution in [3.05, 3.63) is 59.2 Å². The molecule has 1 aliphatic rings. The Bertz CT molecular complexity index is 1020. The maximum Gasteiger partial charge on any atom is 0.416 e. The fraction of sp³-hybridized carbons (Fsp3) is 0.318. The van der Waals surface area contributed by atoms with E-state index in [1.807, 2.05) is 0 Å². The number of methoxy groups -OCH3 is 1. The molecule has 33 heavy (non-hydrogen) atoms. The van der Waals surface area contributed by atoms with Gasteiger partial charge in [-0.15, -0.1) is 0 Å². The SMILES string of the molecule is COC(=O)c1ccc(C(=O)OCC(=O)Nc2cc(C(F)(F)F)ccc2N2CCOCC2)cc1. The number of benzene rings is 2. The number of nitrogens with zero attached hydrogens (tertiary/aromatic N) is 1. The van der Waals surface area contributed by atoms with Gasteiger partial charge in [0.15, 0.2) is 6.61 Å². The largest absolute Gasteiger partial charge is 0.465 e. The van der Waals surface area contributed by atoms with Crippen LogP contribution in [0, 0.1) is 0 Å². The number of nitrogens with one attached hydrogen (secondary N) is 1. The first-order valence-corrected chi connectivity index (χ1v) is 9.88. The van der Waals surface area contributed by atoms with Gasteiger partial charge in [-0.3, -0.25) is 4.79 Å². The summed E-state index contributed by atoms with van der Waals surface area (Å²) < 4.78 is 54.3. The van der Waals surface area contributed by atoms with Crippen molar-refractivity contribution in [3.63, 3.8) is 0 Å². The predicted octanol–water partition coefficient (Wildman–Crippen LogP) is 3.12. The monoisotopic (exact) mass is 466 g/mol. The Morgan fingerprint density at radius 2 is 1.61 bits per heavy atom. The van der Waals surface area contributed by atoms with Crippen LogP contribution in [0.4, 0.5) is 24.5 Å². The number of amides is 1. The van der Waals surface area contributed by atoms with Crippen molar-refractivity contribution in [2.45, 2.75) is 6.18 Å². The van der Waals surface area contributed by atoms with Crippen molar-refractivity contribution >= 4 is 29.2 Å². The van der Waals surface area contributed by atoms with Gasteiger partial charge in [0, 0.05) is 13.1 Å². The highest BCUT2D eigenvalue weighted by Gasteiger charge is 2.32. The number of carbonyl (C=O) groups is 3. The van der Waals surface area contributed by atoms with Crippen LogP contribution >= 0.6 is 0 Å². The van der Waals surface area contributed by atoms with E-state index >= 15 is 0 Å². The molecule has 176 valence electrons. The third kappa shape index (κ3) is 6.22. The van der Waals surface area contributed by atoms with Gasteiger partial charge in [0.05, 0.1) is 48.4 Å². The van der Waals surface area contributed by atoms with E-state index in [-0.39, 0.29) is 16.8 Å². The highest BCUT2D eigenvalue weighted by Crippen LogP contribution is 2.35. The van der Waals surface area contributed by atoms with Crippen LogP contribution in [0.15, 0.2) is 42.5 Å². The number of carbonyl (C=O) groups excluding carboxylic acids is 3. The Morgan fingerprint density at radius 3 is 2.18 bits per heavy atom. The fourth-order valence-electron chi connectivity index (χ4n) is 3.15. The first kappa shape index (κ1) is 24.1. The summed E-state index contributed by atoms with van der Waals surface area (Å²) in [7, 11) is 1.22. The smallest absolute Gasteiger partial charge is 0.416 e. The molecule has 0 bridgehead atoms. The maximum atomic E-state index is 13.2. The molecule has 2 aromatic rings. The zero-order chi connectivity index (χ0) is 24.0. The van der Waals surface area contributed by atoms with Crippen LogP contribution in [-0.4, -0.2) is 57.9 Å². The standard InChI is InChI=1S/C22H21F3N2O6/c1-31-20(29)14-2-4-15(5-3-14)21(30)33-13-19(28)26-17-12-16(22(23,24)25)6-7-18(17)27-8-10-32-11-9-27/h2-7,12H,8-11,13H2,1H3,(H,26,28). The molecule has 0 spiro atoms. The molecule has 3 rings (SSSR count). The molecule has 0 saturated carbocycles. The van der Waals surface area contributed by atoms with E-state index in [2.05, 4.69) is 10.1 Å². The normalized spacial score (nSPS) is 13.9. The van der Waals surface area contributed by atoms with E-state index < -0.39 is 36.2 Å². The zero-order valence-electron chi connectivity index (χ0n) is 17.6. The van der Waals surface area contributed by atoms with Crippen molar-refractivity contribution < 1.29 is 41.8 Å². The highest BCUT2D eigenvalue weighted by atomic mass is 19.4. The average Bonchev–Trinajstić information content (AvgIpc) is 2.82. The van der Waals surface area contributed by atoms with Gasteiger partial charge in [-0.1, -0.05) is 0 Å². The molecule has 1 fully saturated rings. The Morgan fingerprint density at radius 1 is 1.00 bits per heavy atom. The molecule has 0 radical (unpaired) electrons. The number of ether oxygens (including phenoxy) is 3. The summed E-state index contributed by atoms with van der Waals surface area (Å²) in [5.74, 6) is -2.21. The van der Waals surface area contributed by atoms with Gasteiger partial charge in [-0.25, -0.2) is 9.59 Å². The first-order valence-electron chi connectivity index (χ1n) is 9.88. The van der Waals surface area contributed by atoms with E-state index in [1.165, 1.54) is 37.4 Å². The summed E-state index contributed by atoms with van der Waals surface area (Å²) in [6, 6.07) is 8.46. The van der Waals surface area contributed by atoms with Crippen LogP contribution in [0.1, 0.15) is 26.3 Å². The summed E-state index contributed by atoms with van der Waals surface area (Å²) in [6.07, 6.45) is -4.59. The second kappa shape index (κ2) is 10.3. The van der Waals surface area contributed by atoms with Gasteiger partial charge in [-0.05, 0) is 42.5 Å². The minimum absolute atomic E-state index is 0.0461. The number of rotatable bonds is 6. The van der Waals surface area contributed by atoms with Gasteiger partial charge in [0.25, 0.3) is 5.91 Å². The van der Waals surface area contributed by atoms with Crippen LogP contribution in [0.25, 0.3) is 0 Å². The number of esters is 2. The molecule has 1 heterocycles. The highest BCUT2D eigenvalue weighted by molar-refractivity contribution is 5.98. The number of halogens is 3. The quantitative estimate of drug-likeness (QED) is 0.654. The molecule has 11 heteroatoms. The van der Waals surface area contributed by atoms with Crippen molar-refractivity contribution in [1.29, 1.82) is 0 Å². The summed E-state index contributed by atoms with van der Waals surface area (Å²) in [4.78, 5) is 37.8. The molecule has 1 aliphatic heterocycles. The molecule has 8 nitrogen and oxygen atoms in total. The van der Waals surface area contributed by atoms with Crippen molar-refractivity contribution in [3.8, 4) is 0 Å². The molecule has 0 atom stereocenters. The summed E-state index contributed by atoms with van der Waals surface area (Å²) >= 11 is 0. The lowest BCUT2D eigenvalue weighted by Gasteiger charge is -2.31. The van der Waals surface area contributed by atoms with Gasteiger partial charge in [0.1, 0.15) is 0 Å². The number of morpholine rings is 1. The van der Waals surface area contributed by atoms with Crippen LogP contribution in [0.2, 0.25) is 0 Å². The predicted molar refractivity (Wildman–Crippen MR) is 111 cm³/mol. The third-order valence-electron chi connectivity index (χ3n) is 4.83. The second-order valence-electron chi connectivity index (χ2n) is 7.02. The average molecular weight is 466 g/mol. The number of anilines is 2. The molecular formula is C22H21F3N2O6. The Kier molecular flexibility index (Phi) is 7.54. The number of alkyl halides is 3. The summed E-state index contributed by atoms with van der Waals surface area (Å²) in [5, 5.41) is 2.40. The van der Waals surface area contributed by atoms with Crippen molar-refractivity contribution in [2.24, 2.45) is 0 Å². The molecule has 1 N–H and O–H groups in total. The molecular weight excluding hydrogens is 445 g/mol. The van der Waals surface area contributed by atoms with E-state index in [0.717, 1.165) is 12.1 Å². The lowest BCUT2D eigenvalue weighted by Crippen LogP contribution is -2.37. The summed E-state index contributed by atoms with van der Waals surface area (Å²) in [5.41, 5.74) is -0.243.